The van der Waals surface area contributed by atoms with Gasteiger partial charge in [-0.15, -0.1) is 0 Å². The molecule has 0 amide bonds. The Kier molecular flexibility index (Phi) is 4.59. The van der Waals surface area contributed by atoms with Crippen molar-refractivity contribution in [3.05, 3.63) is 35.4 Å². The lowest BCUT2D eigenvalue weighted by molar-refractivity contribution is -0.143. The zero-order chi connectivity index (χ0) is 13.8. The van der Waals surface area contributed by atoms with Crippen LogP contribution in [0.2, 0.25) is 0 Å². The highest BCUT2D eigenvalue weighted by Crippen LogP contribution is 2.31. The van der Waals surface area contributed by atoms with Gasteiger partial charge in [0.2, 0.25) is 0 Å². The van der Waals surface area contributed by atoms with Crippen LogP contribution in [0.4, 0.5) is 0 Å². The second-order valence-electron chi connectivity index (χ2n) is 5.54. The zero-order valence-electron chi connectivity index (χ0n) is 11.8. The number of rotatable bonds is 5. The first kappa shape index (κ1) is 14.1. The van der Waals surface area contributed by atoms with Crippen molar-refractivity contribution in [2.45, 2.75) is 39.2 Å². The summed E-state index contributed by atoms with van der Waals surface area (Å²) >= 11 is 0. The van der Waals surface area contributed by atoms with Crippen molar-refractivity contribution >= 4 is 5.97 Å². The Balaban J connectivity index is 2.18. The predicted octanol–water partition coefficient (Wildman–Crippen LogP) is 3.24. The van der Waals surface area contributed by atoms with Crippen molar-refractivity contribution in [1.82, 2.24) is 4.90 Å². The number of aryl methyl sites for hydroxylation is 1. The lowest BCUT2D eigenvalue weighted by atomic mass is 10.00. The Morgan fingerprint density at radius 1 is 1.47 bits per heavy atom. The minimum Gasteiger partial charge on any atom is -0.480 e. The number of benzene rings is 1. The monoisotopic (exact) mass is 261 g/mol. The Labute approximate surface area is 115 Å². The molecule has 2 atom stereocenters. The first-order chi connectivity index (χ1) is 9.13. The molecule has 0 radical (unpaired) electrons. The average molecular weight is 261 g/mol. The quantitative estimate of drug-likeness (QED) is 0.884. The summed E-state index contributed by atoms with van der Waals surface area (Å²) in [6.07, 6.45) is 3.51. The van der Waals surface area contributed by atoms with E-state index in [4.69, 9.17) is 0 Å². The molecule has 1 aliphatic rings. The first-order valence-electron chi connectivity index (χ1n) is 7.15. The topological polar surface area (TPSA) is 40.5 Å². The molecule has 3 heteroatoms. The van der Waals surface area contributed by atoms with Gasteiger partial charge in [-0.1, -0.05) is 37.6 Å². The summed E-state index contributed by atoms with van der Waals surface area (Å²) in [6.45, 7) is 6.00. The number of nitrogens with zero attached hydrogens (tertiary/aromatic N) is 1. The lowest BCUT2D eigenvalue weighted by Crippen LogP contribution is -2.33. The smallest absolute Gasteiger partial charge is 0.325 e. The molecule has 0 aliphatic carbocycles. The Morgan fingerprint density at radius 2 is 2.21 bits per heavy atom. The van der Waals surface area contributed by atoms with Gasteiger partial charge in [-0.25, -0.2) is 0 Å². The molecule has 2 rings (SSSR count). The summed E-state index contributed by atoms with van der Waals surface area (Å²) in [7, 11) is 0. The SMILES string of the molecule is CCCC1CCN(C(C(=O)O)c2ccccc2C)C1. The van der Waals surface area contributed by atoms with Gasteiger partial charge in [-0.2, -0.15) is 0 Å². The normalized spacial score (nSPS) is 21.5. The van der Waals surface area contributed by atoms with Crippen LogP contribution in [-0.2, 0) is 4.79 Å². The van der Waals surface area contributed by atoms with E-state index in [1.807, 2.05) is 31.2 Å². The molecule has 1 aromatic rings. The van der Waals surface area contributed by atoms with E-state index in [2.05, 4.69) is 11.8 Å². The summed E-state index contributed by atoms with van der Waals surface area (Å²) in [5.74, 6) is -0.0673. The van der Waals surface area contributed by atoms with Gasteiger partial charge < -0.3 is 5.11 Å². The van der Waals surface area contributed by atoms with Crippen LogP contribution < -0.4 is 0 Å². The third kappa shape index (κ3) is 3.16. The minimum atomic E-state index is -0.730. The van der Waals surface area contributed by atoms with Crippen LogP contribution in [0.25, 0.3) is 0 Å². The van der Waals surface area contributed by atoms with Crippen LogP contribution in [0.1, 0.15) is 43.4 Å². The molecule has 2 unspecified atom stereocenters. The second kappa shape index (κ2) is 6.20. The number of carboxylic acid groups (broad SMARTS) is 1. The fraction of sp³-hybridized carbons (Fsp3) is 0.562. The van der Waals surface area contributed by atoms with Crippen molar-refractivity contribution in [3.8, 4) is 0 Å². The number of carboxylic acids is 1. The molecule has 0 aromatic heterocycles. The van der Waals surface area contributed by atoms with Gasteiger partial charge in [0.05, 0.1) is 0 Å². The van der Waals surface area contributed by atoms with Crippen molar-refractivity contribution in [1.29, 1.82) is 0 Å². The molecule has 1 aromatic carbocycles. The van der Waals surface area contributed by atoms with Crippen LogP contribution in [0.3, 0.4) is 0 Å². The number of hydrogen-bond acceptors (Lipinski definition) is 2. The van der Waals surface area contributed by atoms with Crippen LogP contribution in [0, 0.1) is 12.8 Å². The summed E-state index contributed by atoms with van der Waals surface area (Å²) < 4.78 is 0. The van der Waals surface area contributed by atoms with E-state index in [0.29, 0.717) is 5.92 Å². The van der Waals surface area contributed by atoms with Gasteiger partial charge in [0, 0.05) is 6.54 Å². The van der Waals surface area contributed by atoms with Crippen LogP contribution in [0.15, 0.2) is 24.3 Å². The highest BCUT2D eigenvalue weighted by Gasteiger charge is 2.33. The third-order valence-electron chi connectivity index (χ3n) is 4.10. The van der Waals surface area contributed by atoms with Crippen LogP contribution in [0.5, 0.6) is 0 Å². The fourth-order valence-electron chi connectivity index (χ4n) is 3.12. The molecular formula is C16H23NO2. The number of likely N-dealkylation sites (tertiary alicyclic amines) is 1. The number of hydrogen-bond donors (Lipinski definition) is 1. The molecule has 3 nitrogen and oxygen atoms in total. The largest absolute Gasteiger partial charge is 0.480 e. The van der Waals surface area contributed by atoms with Gasteiger partial charge in [0.25, 0.3) is 0 Å². The highest BCUT2D eigenvalue weighted by molar-refractivity contribution is 5.76. The van der Waals surface area contributed by atoms with Crippen molar-refractivity contribution in [2.24, 2.45) is 5.92 Å². The van der Waals surface area contributed by atoms with Crippen LogP contribution >= 0.6 is 0 Å². The molecule has 104 valence electrons. The minimum absolute atomic E-state index is 0.483. The predicted molar refractivity (Wildman–Crippen MR) is 76.1 cm³/mol. The first-order valence-corrected chi connectivity index (χ1v) is 7.15. The van der Waals surface area contributed by atoms with E-state index >= 15 is 0 Å². The molecule has 0 bridgehead atoms. The molecule has 19 heavy (non-hydrogen) atoms. The molecular weight excluding hydrogens is 238 g/mol. The molecule has 1 saturated heterocycles. The number of carbonyl (C=O) groups is 1. The van der Waals surface area contributed by atoms with Crippen molar-refractivity contribution < 1.29 is 9.90 Å². The lowest BCUT2D eigenvalue weighted by Gasteiger charge is -2.26. The van der Waals surface area contributed by atoms with Gasteiger partial charge in [-0.3, -0.25) is 9.69 Å². The van der Waals surface area contributed by atoms with Gasteiger partial charge in [0.1, 0.15) is 6.04 Å². The van der Waals surface area contributed by atoms with E-state index in [0.717, 1.165) is 30.6 Å². The maximum atomic E-state index is 11.7. The third-order valence-corrected chi connectivity index (χ3v) is 4.10. The second-order valence-corrected chi connectivity index (χ2v) is 5.54. The van der Waals surface area contributed by atoms with E-state index in [-0.39, 0.29) is 0 Å². The average Bonchev–Trinajstić information content (AvgIpc) is 2.80. The molecule has 1 N–H and O–H groups in total. The van der Waals surface area contributed by atoms with E-state index in [9.17, 15) is 9.90 Å². The molecule has 0 spiro atoms. The van der Waals surface area contributed by atoms with E-state index < -0.39 is 12.0 Å². The highest BCUT2D eigenvalue weighted by atomic mass is 16.4. The fourth-order valence-corrected chi connectivity index (χ4v) is 3.12. The number of aliphatic carboxylic acids is 1. The van der Waals surface area contributed by atoms with E-state index in [1.54, 1.807) is 0 Å². The summed E-state index contributed by atoms with van der Waals surface area (Å²) in [5.41, 5.74) is 2.00. The van der Waals surface area contributed by atoms with Gasteiger partial charge in [0.15, 0.2) is 0 Å². The maximum absolute atomic E-state index is 11.7. The van der Waals surface area contributed by atoms with Gasteiger partial charge >= 0.3 is 5.97 Å². The van der Waals surface area contributed by atoms with Gasteiger partial charge in [-0.05, 0) is 43.4 Å². The zero-order valence-corrected chi connectivity index (χ0v) is 11.8. The van der Waals surface area contributed by atoms with Crippen molar-refractivity contribution in [3.63, 3.8) is 0 Å². The summed E-state index contributed by atoms with van der Waals surface area (Å²) in [6, 6.07) is 7.34. The van der Waals surface area contributed by atoms with Crippen LogP contribution in [-0.4, -0.2) is 29.1 Å². The Morgan fingerprint density at radius 3 is 2.84 bits per heavy atom. The standard InChI is InChI=1S/C16H23NO2/c1-3-6-13-9-10-17(11-13)15(16(18)19)14-8-5-4-7-12(14)2/h4-5,7-8,13,15H,3,6,9-11H2,1-2H3,(H,18,19). The molecule has 0 saturated carbocycles. The summed E-state index contributed by atoms with van der Waals surface area (Å²) in [5, 5.41) is 9.59. The molecule has 1 heterocycles. The van der Waals surface area contributed by atoms with Crippen molar-refractivity contribution in [2.75, 3.05) is 13.1 Å². The Bertz CT molecular complexity index is 444. The maximum Gasteiger partial charge on any atom is 0.325 e. The Hall–Kier alpha value is -1.35. The van der Waals surface area contributed by atoms with E-state index in [1.165, 1.54) is 12.8 Å². The molecule has 1 fully saturated rings. The molecule has 1 aliphatic heterocycles. The summed E-state index contributed by atoms with van der Waals surface area (Å²) in [4.78, 5) is 13.8.